The number of nitrogens with zero attached hydrogens (tertiary/aromatic N) is 8. The first kappa shape index (κ1) is 24.6. The van der Waals surface area contributed by atoms with Crippen LogP contribution in [0.15, 0.2) is 31.4 Å². The van der Waals surface area contributed by atoms with E-state index < -0.39 is 18.1 Å². The molecule has 0 saturated carbocycles. The summed E-state index contributed by atoms with van der Waals surface area (Å²) in [6, 6.07) is -0.668. The summed E-state index contributed by atoms with van der Waals surface area (Å²) < 4.78 is 18.6. The van der Waals surface area contributed by atoms with E-state index in [0.29, 0.717) is 22.9 Å². The quantitative estimate of drug-likeness (QED) is 0.467. The molecular formula is C23H33FN10O. The van der Waals surface area contributed by atoms with Crippen LogP contribution in [0.2, 0.25) is 0 Å². The van der Waals surface area contributed by atoms with Gasteiger partial charge in [-0.15, -0.1) is 0 Å². The average Bonchev–Trinajstić information content (AvgIpc) is 3.50. The lowest BCUT2D eigenvalue weighted by Gasteiger charge is -2.22. The maximum Gasteiger partial charge on any atom is 0.243 e. The molecule has 0 spiro atoms. The number of amides is 1. The molecule has 11 nitrogen and oxygen atoms in total. The minimum Gasteiger partial charge on any atom is -0.345 e. The molecule has 0 bridgehead atoms. The highest BCUT2D eigenvalue weighted by molar-refractivity contribution is 5.88. The molecule has 35 heavy (non-hydrogen) atoms. The standard InChI is InChI=1S/C23H33FN10O/c1-7-18(35)28-17-13-32(12-16(17)24)22-29-20(19-21(30-22)34(14-25-19)23(2,3)4)27-15-10-26-33(11-15)9-8-31(5)6/h7,10-11,14,16-17H,1,8-9,12-13H2,2-6H3,(H,28,35)(H,27,29,30). The third-order valence-electron chi connectivity index (χ3n) is 5.82. The zero-order valence-corrected chi connectivity index (χ0v) is 20.9. The van der Waals surface area contributed by atoms with Gasteiger partial charge < -0.3 is 25.0 Å². The first-order chi connectivity index (χ1) is 16.5. The fourth-order valence-corrected chi connectivity index (χ4v) is 3.90. The highest BCUT2D eigenvalue weighted by Crippen LogP contribution is 2.30. The summed E-state index contributed by atoms with van der Waals surface area (Å²) in [6.07, 6.45) is 5.27. The molecule has 1 aliphatic rings. The van der Waals surface area contributed by atoms with Gasteiger partial charge in [-0.2, -0.15) is 15.1 Å². The van der Waals surface area contributed by atoms with E-state index in [-0.39, 0.29) is 18.6 Å². The van der Waals surface area contributed by atoms with Gasteiger partial charge in [-0.1, -0.05) is 6.58 Å². The summed E-state index contributed by atoms with van der Waals surface area (Å²) in [5.74, 6) is 0.466. The topological polar surface area (TPSA) is 109 Å². The Balaban J connectivity index is 1.67. The largest absolute Gasteiger partial charge is 0.345 e. The SMILES string of the molecule is C=CC(=O)NC1CN(c2nc(Nc3cnn(CCN(C)C)c3)c3ncn(C(C)(C)C)c3n2)CC1F. The number of carbonyl (C=O) groups excluding carboxylic acids is 1. The predicted molar refractivity (Wildman–Crippen MR) is 134 cm³/mol. The molecule has 188 valence electrons. The first-order valence-corrected chi connectivity index (χ1v) is 11.6. The fraction of sp³-hybridized carbons (Fsp3) is 0.522. The molecule has 1 fully saturated rings. The fourth-order valence-electron chi connectivity index (χ4n) is 3.90. The van der Waals surface area contributed by atoms with Gasteiger partial charge in [0.05, 0.1) is 37.3 Å². The number of likely N-dealkylation sites (N-methyl/N-ethyl adjacent to an activating group) is 1. The van der Waals surface area contributed by atoms with E-state index in [9.17, 15) is 9.18 Å². The number of imidazole rings is 1. The lowest BCUT2D eigenvalue weighted by molar-refractivity contribution is -0.117. The molecule has 0 aliphatic carbocycles. The minimum atomic E-state index is -1.25. The minimum absolute atomic E-state index is 0.0686. The zero-order valence-electron chi connectivity index (χ0n) is 20.9. The number of alkyl halides is 1. The van der Waals surface area contributed by atoms with Gasteiger partial charge in [0.2, 0.25) is 11.9 Å². The molecule has 1 amide bonds. The van der Waals surface area contributed by atoms with Crippen LogP contribution in [0.4, 0.5) is 21.8 Å². The summed E-state index contributed by atoms with van der Waals surface area (Å²) in [6.45, 7) is 11.6. The van der Waals surface area contributed by atoms with Crippen molar-refractivity contribution in [3.8, 4) is 0 Å². The molecule has 0 aromatic carbocycles. The highest BCUT2D eigenvalue weighted by Gasteiger charge is 2.35. The molecule has 3 aromatic heterocycles. The Morgan fingerprint density at radius 3 is 2.77 bits per heavy atom. The maximum absolute atomic E-state index is 14.7. The number of aromatic nitrogens is 6. The van der Waals surface area contributed by atoms with Crippen LogP contribution in [-0.2, 0) is 16.9 Å². The first-order valence-electron chi connectivity index (χ1n) is 11.6. The molecule has 12 heteroatoms. The van der Waals surface area contributed by atoms with E-state index >= 15 is 0 Å². The molecule has 2 N–H and O–H groups in total. The predicted octanol–water partition coefficient (Wildman–Crippen LogP) is 1.91. The molecule has 3 aromatic rings. The van der Waals surface area contributed by atoms with E-state index in [0.717, 1.165) is 24.9 Å². The molecule has 2 unspecified atom stereocenters. The highest BCUT2D eigenvalue weighted by atomic mass is 19.1. The third-order valence-corrected chi connectivity index (χ3v) is 5.82. The van der Waals surface area contributed by atoms with Crippen molar-refractivity contribution in [2.45, 2.75) is 45.1 Å². The molecule has 2 atom stereocenters. The van der Waals surface area contributed by atoms with Gasteiger partial charge in [0.25, 0.3) is 0 Å². The maximum atomic E-state index is 14.7. The van der Waals surface area contributed by atoms with Gasteiger partial charge in [-0.3, -0.25) is 9.48 Å². The monoisotopic (exact) mass is 484 g/mol. The number of hydrogen-bond acceptors (Lipinski definition) is 8. The Hall–Kier alpha value is -3.54. The zero-order chi connectivity index (χ0) is 25.3. The number of rotatable bonds is 8. The summed E-state index contributed by atoms with van der Waals surface area (Å²) in [7, 11) is 4.03. The summed E-state index contributed by atoms with van der Waals surface area (Å²) in [5.41, 5.74) is 1.74. The summed E-state index contributed by atoms with van der Waals surface area (Å²) in [5, 5.41) is 10.4. The molecule has 4 rings (SSSR count). The Morgan fingerprint density at radius 2 is 2.09 bits per heavy atom. The summed E-state index contributed by atoms with van der Waals surface area (Å²) >= 11 is 0. The second kappa shape index (κ2) is 9.61. The number of hydrogen-bond donors (Lipinski definition) is 2. The smallest absolute Gasteiger partial charge is 0.243 e. The Bertz CT molecular complexity index is 1210. The van der Waals surface area contributed by atoms with Gasteiger partial charge in [0.1, 0.15) is 6.17 Å². The second-order valence-corrected chi connectivity index (χ2v) is 9.99. The Labute approximate surface area is 204 Å². The van der Waals surface area contributed by atoms with E-state index in [1.807, 2.05) is 29.5 Å². The lowest BCUT2D eigenvalue weighted by Crippen LogP contribution is -2.40. The van der Waals surface area contributed by atoms with Gasteiger partial charge in [-0.25, -0.2) is 9.37 Å². The van der Waals surface area contributed by atoms with Crippen LogP contribution >= 0.6 is 0 Å². The van der Waals surface area contributed by atoms with Crippen LogP contribution in [0, 0.1) is 0 Å². The Kier molecular flexibility index (Phi) is 6.75. The van der Waals surface area contributed by atoms with Crippen LogP contribution in [0.3, 0.4) is 0 Å². The summed E-state index contributed by atoms with van der Waals surface area (Å²) in [4.78, 5) is 29.6. The van der Waals surface area contributed by atoms with Gasteiger partial charge in [-0.05, 0) is 40.9 Å². The van der Waals surface area contributed by atoms with Crippen molar-refractivity contribution in [2.75, 3.05) is 43.9 Å². The molecule has 1 saturated heterocycles. The Morgan fingerprint density at radius 1 is 1.31 bits per heavy atom. The molecule has 4 heterocycles. The van der Waals surface area contributed by atoms with Gasteiger partial charge in [0.15, 0.2) is 17.0 Å². The number of halogens is 1. The average molecular weight is 485 g/mol. The molecule has 0 radical (unpaired) electrons. The van der Waals surface area contributed by atoms with E-state index in [1.165, 1.54) is 0 Å². The van der Waals surface area contributed by atoms with E-state index in [4.69, 9.17) is 9.97 Å². The van der Waals surface area contributed by atoms with Crippen LogP contribution in [0.1, 0.15) is 20.8 Å². The van der Waals surface area contributed by atoms with Crippen LogP contribution in [-0.4, -0.2) is 86.0 Å². The van der Waals surface area contributed by atoms with Crippen molar-refractivity contribution in [1.29, 1.82) is 0 Å². The second-order valence-electron chi connectivity index (χ2n) is 9.99. The van der Waals surface area contributed by atoms with E-state index in [2.05, 4.69) is 53.0 Å². The van der Waals surface area contributed by atoms with Crippen molar-refractivity contribution in [1.82, 2.24) is 39.5 Å². The van der Waals surface area contributed by atoms with Crippen molar-refractivity contribution in [2.24, 2.45) is 0 Å². The normalized spacial score (nSPS) is 18.4. The van der Waals surface area contributed by atoms with E-state index in [1.54, 1.807) is 17.4 Å². The third kappa shape index (κ3) is 5.42. The number of carbonyl (C=O) groups is 1. The van der Waals surface area contributed by atoms with Gasteiger partial charge >= 0.3 is 0 Å². The molecular weight excluding hydrogens is 451 g/mol. The van der Waals surface area contributed by atoms with Gasteiger partial charge in [0, 0.05) is 24.8 Å². The van der Waals surface area contributed by atoms with Crippen molar-refractivity contribution < 1.29 is 9.18 Å². The van der Waals surface area contributed by atoms with Crippen molar-refractivity contribution >= 4 is 34.5 Å². The lowest BCUT2D eigenvalue weighted by atomic mass is 10.1. The molecule has 1 aliphatic heterocycles. The van der Waals surface area contributed by atoms with Crippen LogP contribution in [0.25, 0.3) is 11.2 Å². The van der Waals surface area contributed by atoms with Crippen LogP contribution in [0.5, 0.6) is 0 Å². The van der Waals surface area contributed by atoms with Crippen molar-refractivity contribution in [3.63, 3.8) is 0 Å². The van der Waals surface area contributed by atoms with Crippen molar-refractivity contribution in [3.05, 3.63) is 31.4 Å². The number of nitrogens with one attached hydrogen (secondary N) is 2. The number of fused-ring (bicyclic) bond motifs is 1. The number of anilines is 3. The van der Waals surface area contributed by atoms with Crippen LogP contribution < -0.4 is 15.5 Å².